The van der Waals surface area contributed by atoms with Gasteiger partial charge in [0, 0.05) is 36.4 Å². The molecule has 4 atom stereocenters. The lowest BCUT2D eigenvalue weighted by Crippen LogP contribution is -2.66. The van der Waals surface area contributed by atoms with Crippen LogP contribution >= 0.6 is 0 Å². The Morgan fingerprint density at radius 1 is 1.59 bits per heavy atom. The zero-order valence-corrected chi connectivity index (χ0v) is 11.0. The van der Waals surface area contributed by atoms with E-state index >= 15 is 0 Å². The highest BCUT2D eigenvalue weighted by molar-refractivity contribution is 5.76. The average Bonchev–Trinajstić information content (AvgIpc) is 2.69. The maximum Gasteiger partial charge on any atom is 0.220 e. The molecule has 2 rings (SSSR count). The molecule has 4 heteroatoms. The number of ether oxygens (including phenoxy) is 1. The monoisotopic (exact) mass is 240 g/mol. The Hall–Kier alpha value is -0.610. The van der Waals surface area contributed by atoms with E-state index < -0.39 is 0 Å². The third kappa shape index (κ3) is 2.33. The molecule has 1 saturated heterocycles. The molecule has 1 aliphatic heterocycles. The predicted octanol–water partition coefficient (Wildman–Crippen LogP) is 1.04. The molecule has 4 unspecified atom stereocenters. The van der Waals surface area contributed by atoms with Crippen LogP contribution in [0.1, 0.15) is 40.0 Å². The highest BCUT2D eigenvalue weighted by Crippen LogP contribution is 2.52. The Kier molecular flexibility index (Phi) is 3.46. The molecule has 0 aromatic carbocycles. The smallest absolute Gasteiger partial charge is 0.220 e. The number of hydrogen-bond acceptors (Lipinski definition) is 3. The molecule has 0 aromatic heterocycles. The van der Waals surface area contributed by atoms with Gasteiger partial charge in [0.1, 0.15) is 0 Å². The molecule has 1 amide bonds. The molecule has 0 radical (unpaired) electrons. The number of amides is 1. The van der Waals surface area contributed by atoms with Crippen molar-refractivity contribution in [3.63, 3.8) is 0 Å². The summed E-state index contributed by atoms with van der Waals surface area (Å²) >= 11 is 0. The van der Waals surface area contributed by atoms with Crippen molar-refractivity contribution in [3.8, 4) is 0 Å². The van der Waals surface area contributed by atoms with Gasteiger partial charge >= 0.3 is 0 Å². The summed E-state index contributed by atoms with van der Waals surface area (Å²) in [7, 11) is 0. The number of hydrogen-bond donors (Lipinski definition) is 2. The van der Waals surface area contributed by atoms with Crippen molar-refractivity contribution in [2.75, 3.05) is 6.61 Å². The standard InChI is InChI=1S/C13H24N2O2/c1-8(14)4-5-10(16)15-11-9-6-7-17-12(9)13(11,2)3/h8-9,11-12H,4-7,14H2,1-3H3,(H,15,16). The Balaban J connectivity index is 1.85. The van der Waals surface area contributed by atoms with Gasteiger partial charge in [-0.15, -0.1) is 0 Å². The van der Waals surface area contributed by atoms with Crippen molar-refractivity contribution < 1.29 is 9.53 Å². The van der Waals surface area contributed by atoms with E-state index in [2.05, 4.69) is 19.2 Å². The van der Waals surface area contributed by atoms with Crippen LogP contribution < -0.4 is 11.1 Å². The van der Waals surface area contributed by atoms with Crippen molar-refractivity contribution >= 4 is 5.91 Å². The van der Waals surface area contributed by atoms with Crippen molar-refractivity contribution in [2.45, 2.75) is 58.2 Å². The van der Waals surface area contributed by atoms with Crippen LogP contribution in [0.2, 0.25) is 0 Å². The maximum absolute atomic E-state index is 11.8. The van der Waals surface area contributed by atoms with E-state index in [0.29, 0.717) is 18.4 Å². The fourth-order valence-corrected chi connectivity index (χ4v) is 3.22. The van der Waals surface area contributed by atoms with Crippen LogP contribution in [0.5, 0.6) is 0 Å². The van der Waals surface area contributed by atoms with Gasteiger partial charge in [0.2, 0.25) is 5.91 Å². The molecule has 1 saturated carbocycles. The average molecular weight is 240 g/mol. The lowest BCUT2D eigenvalue weighted by Gasteiger charge is -2.54. The van der Waals surface area contributed by atoms with Crippen LogP contribution in [0.25, 0.3) is 0 Å². The molecule has 0 bridgehead atoms. The Morgan fingerprint density at radius 3 is 2.94 bits per heavy atom. The van der Waals surface area contributed by atoms with E-state index in [-0.39, 0.29) is 23.4 Å². The van der Waals surface area contributed by atoms with Gasteiger partial charge in [-0.05, 0) is 19.8 Å². The third-order valence-electron chi connectivity index (χ3n) is 4.24. The highest BCUT2D eigenvalue weighted by atomic mass is 16.5. The summed E-state index contributed by atoms with van der Waals surface area (Å²) in [5, 5.41) is 3.16. The molecule has 4 nitrogen and oxygen atoms in total. The minimum atomic E-state index is 0.0746. The van der Waals surface area contributed by atoms with Crippen molar-refractivity contribution in [3.05, 3.63) is 0 Å². The molecule has 0 spiro atoms. The van der Waals surface area contributed by atoms with E-state index in [4.69, 9.17) is 10.5 Å². The number of nitrogens with two attached hydrogens (primary N) is 1. The number of nitrogens with one attached hydrogen (secondary N) is 1. The van der Waals surface area contributed by atoms with E-state index in [1.807, 2.05) is 6.92 Å². The molecule has 1 aliphatic carbocycles. The van der Waals surface area contributed by atoms with Gasteiger partial charge in [-0.3, -0.25) is 4.79 Å². The topological polar surface area (TPSA) is 64.4 Å². The van der Waals surface area contributed by atoms with Gasteiger partial charge in [0.05, 0.1) is 6.10 Å². The largest absolute Gasteiger partial charge is 0.377 e. The van der Waals surface area contributed by atoms with Gasteiger partial charge in [0.15, 0.2) is 0 Å². The Bertz CT molecular complexity index is 302. The zero-order chi connectivity index (χ0) is 12.6. The maximum atomic E-state index is 11.8. The fourth-order valence-electron chi connectivity index (χ4n) is 3.22. The van der Waals surface area contributed by atoms with Crippen LogP contribution in [0.15, 0.2) is 0 Å². The number of carbonyl (C=O) groups is 1. The van der Waals surface area contributed by atoms with E-state index in [9.17, 15) is 4.79 Å². The van der Waals surface area contributed by atoms with Gasteiger partial charge in [-0.2, -0.15) is 0 Å². The minimum absolute atomic E-state index is 0.0746. The third-order valence-corrected chi connectivity index (χ3v) is 4.24. The quantitative estimate of drug-likeness (QED) is 0.772. The molecule has 98 valence electrons. The van der Waals surface area contributed by atoms with Gasteiger partial charge in [0.25, 0.3) is 0 Å². The zero-order valence-electron chi connectivity index (χ0n) is 11.0. The predicted molar refractivity (Wildman–Crippen MR) is 66.4 cm³/mol. The van der Waals surface area contributed by atoms with E-state index in [1.165, 1.54) is 0 Å². The molecular weight excluding hydrogens is 216 g/mol. The molecule has 2 fully saturated rings. The first-order valence-electron chi connectivity index (χ1n) is 6.59. The van der Waals surface area contributed by atoms with E-state index in [1.54, 1.807) is 0 Å². The Morgan fingerprint density at radius 2 is 2.29 bits per heavy atom. The second kappa shape index (κ2) is 4.58. The molecule has 17 heavy (non-hydrogen) atoms. The number of fused-ring (bicyclic) bond motifs is 1. The van der Waals surface area contributed by atoms with Crippen LogP contribution in [0.4, 0.5) is 0 Å². The van der Waals surface area contributed by atoms with Gasteiger partial charge < -0.3 is 15.8 Å². The van der Waals surface area contributed by atoms with Gasteiger partial charge in [-0.1, -0.05) is 13.8 Å². The normalized spacial score (nSPS) is 35.9. The second-order valence-electron chi connectivity index (χ2n) is 6.13. The summed E-state index contributed by atoms with van der Waals surface area (Å²) in [5.74, 6) is 0.648. The van der Waals surface area contributed by atoms with Crippen molar-refractivity contribution in [1.82, 2.24) is 5.32 Å². The summed E-state index contributed by atoms with van der Waals surface area (Å²) in [6.45, 7) is 7.12. The number of rotatable bonds is 4. The summed E-state index contributed by atoms with van der Waals surface area (Å²) in [6, 6.07) is 0.369. The van der Waals surface area contributed by atoms with Crippen LogP contribution in [0, 0.1) is 11.3 Å². The lowest BCUT2D eigenvalue weighted by molar-refractivity contribution is -0.138. The molecule has 0 aromatic rings. The van der Waals surface area contributed by atoms with Gasteiger partial charge in [-0.25, -0.2) is 0 Å². The first-order chi connectivity index (χ1) is 7.93. The summed E-state index contributed by atoms with van der Waals surface area (Å²) in [6.07, 6.45) is 2.69. The van der Waals surface area contributed by atoms with Crippen LogP contribution in [0.3, 0.4) is 0 Å². The fraction of sp³-hybridized carbons (Fsp3) is 0.923. The molecule has 2 aliphatic rings. The summed E-state index contributed by atoms with van der Waals surface area (Å²) < 4.78 is 5.71. The SMILES string of the molecule is CC(N)CCC(=O)NC1C2CCOC2C1(C)C. The van der Waals surface area contributed by atoms with Crippen LogP contribution in [-0.4, -0.2) is 30.7 Å². The van der Waals surface area contributed by atoms with E-state index in [0.717, 1.165) is 19.4 Å². The molecule has 1 heterocycles. The van der Waals surface area contributed by atoms with Crippen molar-refractivity contribution in [1.29, 1.82) is 0 Å². The molecular formula is C13H24N2O2. The first-order valence-corrected chi connectivity index (χ1v) is 6.59. The highest BCUT2D eigenvalue weighted by Gasteiger charge is 2.59. The Labute approximate surface area is 103 Å². The second-order valence-corrected chi connectivity index (χ2v) is 6.13. The summed E-state index contributed by atoms with van der Waals surface area (Å²) in [4.78, 5) is 11.8. The lowest BCUT2D eigenvalue weighted by atomic mass is 9.57. The number of carbonyl (C=O) groups excluding carboxylic acids is 1. The van der Waals surface area contributed by atoms with Crippen LogP contribution in [-0.2, 0) is 9.53 Å². The molecule has 3 N–H and O–H groups in total. The van der Waals surface area contributed by atoms with Crippen molar-refractivity contribution in [2.24, 2.45) is 17.1 Å². The first kappa shape index (κ1) is 12.8. The minimum Gasteiger partial charge on any atom is -0.377 e. The summed E-state index contributed by atoms with van der Waals surface area (Å²) in [5.41, 5.74) is 5.73.